The zero-order chi connectivity index (χ0) is 19.6. The number of piperidine rings is 1. The monoisotopic (exact) mass is 380 g/mol. The van der Waals surface area contributed by atoms with Crippen LogP contribution in [-0.4, -0.2) is 28.8 Å². The molecular formula is C18H19F3N4O2. The lowest BCUT2D eigenvalue weighted by molar-refractivity contribution is -0.137. The number of rotatable bonds is 3. The lowest BCUT2D eigenvalue weighted by Crippen LogP contribution is -2.42. The molecule has 3 rings (SSSR count). The molecule has 1 atom stereocenters. The average molecular weight is 380 g/mol. The van der Waals surface area contributed by atoms with E-state index in [4.69, 9.17) is 0 Å². The Hall–Kier alpha value is -2.84. The van der Waals surface area contributed by atoms with Crippen LogP contribution in [0.2, 0.25) is 0 Å². The molecule has 0 saturated carbocycles. The molecular weight excluding hydrogens is 361 g/mol. The number of halogens is 3. The first-order valence-electron chi connectivity index (χ1n) is 8.52. The SMILES string of the molecule is Cn1nc(N2CCCC(C(=O)Nc3ccccc3C(F)(F)F)C2)ccc1=O. The van der Waals surface area contributed by atoms with Crippen LogP contribution in [0.15, 0.2) is 41.2 Å². The van der Waals surface area contributed by atoms with E-state index < -0.39 is 23.6 Å². The van der Waals surface area contributed by atoms with Gasteiger partial charge in [-0.3, -0.25) is 9.59 Å². The van der Waals surface area contributed by atoms with Crippen molar-refractivity contribution in [3.8, 4) is 0 Å². The van der Waals surface area contributed by atoms with Gasteiger partial charge in [0.05, 0.1) is 17.2 Å². The molecule has 1 unspecified atom stereocenters. The van der Waals surface area contributed by atoms with E-state index >= 15 is 0 Å². The van der Waals surface area contributed by atoms with Crippen LogP contribution in [0.5, 0.6) is 0 Å². The van der Waals surface area contributed by atoms with Gasteiger partial charge in [-0.25, -0.2) is 4.68 Å². The summed E-state index contributed by atoms with van der Waals surface area (Å²) in [6.07, 6.45) is -3.27. The van der Waals surface area contributed by atoms with E-state index in [2.05, 4.69) is 10.4 Å². The molecule has 144 valence electrons. The number of hydrogen-bond donors (Lipinski definition) is 1. The van der Waals surface area contributed by atoms with Gasteiger partial charge in [0.2, 0.25) is 5.91 Å². The normalized spacial score (nSPS) is 17.6. The Morgan fingerprint density at radius 1 is 1.22 bits per heavy atom. The van der Waals surface area contributed by atoms with Gasteiger partial charge >= 0.3 is 6.18 Å². The molecule has 1 aromatic carbocycles. The van der Waals surface area contributed by atoms with Crippen LogP contribution in [0.1, 0.15) is 18.4 Å². The number of aryl methyl sites for hydroxylation is 1. The second kappa shape index (κ2) is 7.42. The van der Waals surface area contributed by atoms with Crippen LogP contribution in [0.3, 0.4) is 0 Å². The number of nitrogens with one attached hydrogen (secondary N) is 1. The summed E-state index contributed by atoms with van der Waals surface area (Å²) in [6.45, 7) is 0.985. The highest BCUT2D eigenvalue weighted by molar-refractivity contribution is 5.93. The second-order valence-corrected chi connectivity index (χ2v) is 6.47. The molecule has 1 amide bonds. The number of carbonyl (C=O) groups excluding carboxylic acids is 1. The van der Waals surface area contributed by atoms with Gasteiger partial charge in [-0.2, -0.15) is 18.3 Å². The molecule has 27 heavy (non-hydrogen) atoms. The molecule has 0 aliphatic carbocycles. The first-order valence-corrected chi connectivity index (χ1v) is 8.52. The number of alkyl halides is 3. The van der Waals surface area contributed by atoms with Gasteiger partial charge < -0.3 is 10.2 Å². The van der Waals surface area contributed by atoms with Crippen molar-refractivity contribution in [1.29, 1.82) is 0 Å². The van der Waals surface area contributed by atoms with E-state index in [1.54, 1.807) is 6.07 Å². The van der Waals surface area contributed by atoms with Gasteiger partial charge in [0.15, 0.2) is 0 Å². The number of benzene rings is 1. The number of amides is 1. The smallest absolute Gasteiger partial charge is 0.354 e. The van der Waals surface area contributed by atoms with Crippen molar-refractivity contribution in [2.45, 2.75) is 19.0 Å². The van der Waals surface area contributed by atoms with Crippen LogP contribution < -0.4 is 15.8 Å². The van der Waals surface area contributed by atoms with Crippen molar-refractivity contribution in [3.63, 3.8) is 0 Å². The quantitative estimate of drug-likeness (QED) is 0.889. The maximum atomic E-state index is 13.1. The molecule has 9 heteroatoms. The Labute approximate surface area is 153 Å². The van der Waals surface area contributed by atoms with Crippen LogP contribution >= 0.6 is 0 Å². The van der Waals surface area contributed by atoms with Crippen molar-refractivity contribution in [2.75, 3.05) is 23.3 Å². The van der Waals surface area contributed by atoms with Gasteiger partial charge in [-0.05, 0) is 31.0 Å². The van der Waals surface area contributed by atoms with Gasteiger partial charge in [-0.15, -0.1) is 0 Å². The predicted octanol–water partition coefficient (Wildman–Crippen LogP) is 2.65. The number of anilines is 2. The fourth-order valence-corrected chi connectivity index (χ4v) is 3.13. The summed E-state index contributed by atoms with van der Waals surface area (Å²) in [4.78, 5) is 25.9. The summed E-state index contributed by atoms with van der Waals surface area (Å²) in [5, 5.41) is 6.59. The van der Waals surface area contributed by atoms with Gasteiger partial charge in [0.1, 0.15) is 5.82 Å². The number of hydrogen-bond acceptors (Lipinski definition) is 4. The standard InChI is InChI=1S/C18H19F3N4O2/c1-24-16(26)9-8-15(23-24)25-10-4-5-12(11-25)17(27)22-14-7-3-2-6-13(14)18(19,20)21/h2-3,6-9,12H,4-5,10-11H2,1H3,(H,22,27). The molecule has 1 saturated heterocycles. The van der Waals surface area contributed by atoms with Crippen LogP contribution in [0.4, 0.5) is 24.7 Å². The highest BCUT2D eigenvalue weighted by Crippen LogP contribution is 2.35. The van der Waals surface area contributed by atoms with E-state index in [9.17, 15) is 22.8 Å². The molecule has 1 N–H and O–H groups in total. The summed E-state index contributed by atoms with van der Waals surface area (Å²) in [5.41, 5.74) is -1.35. The van der Waals surface area contributed by atoms with Gasteiger partial charge in [-0.1, -0.05) is 12.1 Å². The summed E-state index contributed by atoms with van der Waals surface area (Å²) in [6, 6.07) is 7.90. The predicted molar refractivity (Wildman–Crippen MR) is 94.5 cm³/mol. The zero-order valence-corrected chi connectivity index (χ0v) is 14.7. The fourth-order valence-electron chi connectivity index (χ4n) is 3.13. The number of nitrogens with zero attached hydrogens (tertiary/aromatic N) is 3. The Bertz CT molecular complexity index is 895. The number of para-hydroxylation sites is 1. The molecule has 1 aliphatic rings. The Kier molecular flexibility index (Phi) is 5.20. The fraction of sp³-hybridized carbons (Fsp3) is 0.389. The summed E-state index contributed by atoms with van der Waals surface area (Å²) < 4.78 is 40.5. The molecule has 0 radical (unpaired) electrons. The van der Waals surface area contributed by atoms with Crippen LogP contribution in [0.25, 0.3) is 0 Å². The highest BCUT2D eigenvalue weighted by atomic mass is 19.4. The molecule has 2 aromatic rings. The second-order valence-electron chi connectivity index (χ2n) is 6.47. The lowest BCUT2D eigenvalue weighted by atomic mass is 9.96. The van der Waals surface area contributed by atoms with E-state index in [-0.39, 0.29) is 11.2 Å². The first kappa shape index (κ1) is 18.9. The van der Waals surface area contributed by atoms with Crippen LogP contribution in [-0.2, 0) is 18.0 Å². The number of carbonyl (C=O) groups is 1. The Balaban J connectivity index is 1.74. The zero-order valence-electron chi connectivity index (χ0n) is 14.7. The Morgan fingerprint density at radius 2 is 1.96 bits per heavy atom. The van der Waals surface area contributed by atoms with Gasteiger partial charge in [0, 0.05) is 26.2 Å². The summed E-state index contributed by atoms with van der Waals surface area (Å²) in [7, 11) is 1.54. The third-order valence-corrected chi connectivity index (χ3v) is 4.55. The molecule has 6 nitrogen and oxygen atoms in total. The molecule has 1 fully saturated rings. The van der Waals surface area contributed by atoms with Crippen molar-refractivity contribution >= 4 is 17.4 Å². The molecule has 0 bridgehead atoms. The minimum absolute atomic E-state index is 0.242. The molecule has 0 spiro atoms. The van der Waals surface area contributed by atoms with Crippen molar-refractivity contribution in [3.05, 3.63) is 52.3 Å². The topological polar surface area (TPSA) is 67.2 Å². The third kappa shape index (κ3) is 4.29. The maximum absolute atomic E-state index is 13.1. The maximum Gasteiger partial charge on any atom is 0.418 e. The van der Waals surface area contributed by atoms with E-state index in [0.29, 0.717) is 31.7 Å². The van der Waals surface area contributed by atoms with Crippen molar-refractivity contribution in [1.82, 2.24) is 9.78 Å². The van der Waals surface area contributed by atoms with E-state index in [1.807, 2.05) is 4.90 Å². The summed E-state index contributed by atoms with van der Waals surface area (Å²) >= 11 is 0. The third-order valence-electron chi connectivity index (χ3n) is 4.55. The van der Waals surface area contributed by atoms with Crippen molar-refractivity contribution < 1.29 is 18.0 Å². The lowest BCUT2D eigenvalue weighted by Gasteiger charge is -2.33. The first-order chi connectivity index (χ1) is 12.8. The Morgan fingerprint density at radius 3 is 2.67 bits per heavy atom. The number of aromatic nitrogens is 2. The van der Waals surface area contributed by atoms with Crippen molar-refractivity contribution in [2.24, 2.45) is 13.0 Å². The van der Waals surface area contributed by atoms with E-state index in [1.165, 1.54) is 36.0 Å². The van der Waals surface area contributed by atoms with Gasteiger partial charge in [0.25, 0.3) is 5.56 Å². The molecule has 1 aromatic heterocycles. The average Bonchev–Trinajstić information content (AvgIpc) is 2.63. The van der Waals surface area contributed by atoms with Crippen LogP contribution in [0, 0.1) is 5.92 Å². The largest absolute Gasteiger partial charge is 0.418 e. The minimum Gasteiger partial charge on any atom is -0.354 e. The molecule has 1 aliphatic heterocycles. The summed E-state index contributed by atoms with van der Waals surface area (Å²) in [5.74, 6) is -0.370. The molecule has 2 heterocycles. The minimum atomic E-state index is -4.54. The highest BCUT2D eigenvalue weighted by Gasteiger charge is 2.34. The van der Waals surface area contributed by atoms with E-state index in [0.717, 1.165) is 6.07 Å².